The Balaban J connectivity index is 1.57. The van der Waals surface area contributed by atoms with Gasteiger partial charge < -0.3 is 9.47 Å². The first kappa shape index (κ1) is 21.5. The zero-order valence-electron chi connectivity index (χ0n) is 17.0. The molecule has 10 heteroatoms. The lowest BCUT2D eigenvalue weighted by molar-refractivity contribution is -0.385. The van der Waals surface area contributed by atoms with Crippen molar-refractivity contribution < 1.29 is 19.2 Å². The second-order valence-electron chi connectivity index (χ2n) is 6.57. The van der Waals surface area contributed by atoms with E-state index in [0.717, 1.165) is 22.0 Å². The number of hydrogen-bond acceptors (Lipinski definition) is 7. The Morgan fingerprint density at radius 3 is 2.81 bits per heavy atom. The summed E-state index contributed by atoms with van der Waals surface area (Å²) in [6, 6.07) is 13.3. The quantitative estimate of drug-likeness (QED) is 0.321. The maximum atomic E-state index is 11.9. The summed E-state index contributed by atoms with van der Waals surface area (Å²) in [4.78, 5) is 22.0. The van der Waals surface area contributed by atoms with E-state index in [2.05, 4.69) is 15.6 Å². The minimum Gasteiger partial charge on any atom is -0.493 e. The van der Waals surface area contributed by atoms with Crippen molar-refractivity contribution in [2.75, 3.05) is 7.11 Å². The maximum absolute atomic E-state index is 11.9. The van der Waals surface area contributed by atoms with Crippen LogP contribution in [-0.4, -0.2) is 33.9 Å². The Kier molecular flexibility index (Phi) is 6.94. The van der Waals surface area contributed by atoms with Gasteiger partial charge in [0.1, 0.15) is 25.5 Å². The summed E-state index contributed by atoms with van der Waals surface area (Å²) >= 11 is 0. The van der Waals surface area contributed by atoms with E-state index in [1.165, 1.54) is 12.4 Å². The fourth-order valence-corrected chi connectivity index (χ4v) is 2.71. The number of nitro groups is 1. The highest BCUT2D eigenvalue weighted by atomic mass is 16.6. The fraction of sp³-hybridized carbons (Fsp3) is 0.190. The molecule has 1 heterocycles. The van der Waals surface area contributed by atoms with Crippen LogP contribution in [0.4, 0.5) is 5.69 Å². The van der Waals surface area contributed by atoms with Crippen molar-refractivity contribution in [3.63, 3.8) is 0 Å². The molecular formula is C21H21N5O5. The smallest absolute Gasteiger partial charge is 0.307 e. The van der Waals surface area contributed by atoms with Gasteiger partial charge in [-0.2, -0.15) is 10.2 Å². The molecule has 1 N–H and O–H groups in total. The number of aromatic nitrogens is 2. The molecule has 1 amide bonds. The lowest BCUT2D eigenvalue weighted by Crippen LogP contribution is -2.23. The van der Waals surface area contributed by atoms with Gasteiger partial charge in [-0.3, -0.25) is 19.6 Å². The van der Waals surface area contributed by atoms with Gasteiger partial charge in [0.2, 0.25) is 0 Å². The topological polar surface area (TPSA) is 121 Å². The Bertz CT molecular complexity index is 1110. The molecule has 0 saturated carbocycles. The van der Waals surface area contributed by atoms with Crippen molar-refractivity contribution >= 4 is 17.8 Å². The van der Waals surface area contributed by atoms with Gasteiger partial charge in [0.15, 0.2) is 11.5 Å². The van der Waals surface area contributed by atoms with Crippen LogP contribution in [0.2, 0.25) is 0 Å². The SMILES string of the molecule is COc1cc(C=NNC(=O)Cn2cc([N+](=O)[O-])cn2)ccc1OCc1ccccc1C. The van der Waals surface area contributed by atoms with Gasteiger partial charge in [-0.1, -0.05) is 24.3 Å². The zero-order chi connectivity index (χ0) is 22.2. The highest BCUT2D eigenvalue weighted by Crippen LogP contribution is 2.28. The van der Waals surface area contributed by atoms with Crippen LogP contribution in [0.15, 0.2) is 60.0 Å². The molecule has 0 fully saturated rings. The van der Waals surface area contributed by atoms with Gasteiger partial charge in [-0.15, -0.1) is 0 Å². The number of methoxy groups -OCH3 is 1. The molecule has 0 bridgehead atoms. The van der Waals surface area contributed by atoms with E-state index in [1.807, 2.05) is 31.2 Å². The van der Waals surface area contributed by atoms with Crippen LogP contribution in [0, 0.1) is 17.0 Å². The van der Waals surface area contributed by atoms with Crippen molar-refractivity contribution in [2.24, 2.45) is 5.10 Å². The van der Waals surface area contributed by atoms with Gasteiger partial charge in [0.25, 0.3) is 5.91 Å². The van der Waals surface area contributed by atoms with E-state index < -0.39 is 10.8 Å². The van der Waals surface area contributed by atoms with Crippen LogP contribution < -0.4 is 14.9 Å². The summed E-state index contributed by atoms with van der Waals surface area (Å²) in [6.07, 6.45) is 3.70. The number of hydrazone groups is 1. The average molecular weight is 423 g/mol. The highest BCUT2D eigenvalue weighted by molar-refractivity contribution is 5.83. The average Bonchev–Trinajstić information content (AvgIpc) is 3.22. The summed E-state index contributed by atoms with van der Waals surface area (Å²) in [5.41, 5.74) is 5.08. The molecule has 1 aromatic heterocycles. The molecule has 31 heavy (non-hydrogen) atoms. The van der Waals surface area contributed by atoms with Crippen LogP contribution in [0.5, 0.6) is 11.5 Å². The van der Waals surface area contributed by atoms with E-state index >= 15 is 0 Å². The fourth-order valence-electron chi connectivity index (χ4n) is 2.71. The maximum Gasteiger partial charge on any atom is 0.307 e. The van der Waals surface area contributed by atoms with Crippen molar-refractivity contribution in [1.29, 1.82) is 0 Å². The largest absolute Gasteiger partial charge is 0.493 e. The zero-order valence-corrected chi connectivity index (χ0v) is 17.0. The number of carbonyl (C=O) groups is 1. The third-order valence-electron chi connectivity index (χ3n) is 4.37. The van der Waals surface area contributed by atoms with Gasteiger partial charge in [0.05, 0.1) is 18.2 Å². The van der Waals surface area contributed by atoms with Crippen molar-refractivity contribution in [2.45, 2.75) is 20.1 Å². The first-order valence-electron chi connectivity index (χ1n) is 9.30. The Morgan fingerprint density at radius 1 is 1.29 bits per heavy atom. The number of aryl methyl sites for hydroxylation is 1. The summed E-state index contributed by atoms with van der Waals surface area (Å²) in [5.74, 6) is 0.652. The minimum absolute atomic E-state index is 0.187. The lowest BCUT2D eigenvalue weighted by Gasteiger charge is -2.12. The Labute approximate surface area is 178 Å². The van der Waals surface area contributed by atoms with E-state index in [9.17, 15) is 14.9 Å². The second-order valence-corrected chi connectivity index (χ2v) is 6.57. The van der Waals surface area contributed by atoms with Gasteiger partial charge >= 0.3 is 5.69 Å². The summed E-state index contributed by atoms with van der Waals surface area (Å²) in [5, 5.41) is 18.3. The van der Waals surface area contributed by atoms with Gasteiger partial charge in [0, 0.05) is 0 Å². The number of amides is 1. The molecule has 0 saturated heterocycles. The highest BCUT2D eigenvalue weighted by Gasteiger charge is 2.11. The molecule has 3 aromatic rings. The Morgan fingerprint density at radius 2 is 2.10 bits per heavy atom. The van der Waals surface area contributed by atoms with E-state index in [0.29, 0.717) is 23.7 Å². The van der Waals surface area contributed by atoms with Crippen molar-refractivity contribution in [1.82, 2.24) is 15.2 Å². The first-order chi connectivity index (χ1) is 15.0. The van der Waals surface area contributed by atoms with Crippen LogP contribution in [0.25, 0.3) is 0 Å². The molecule has 0 unspecified atom stereocenters. The van der Waals surface area contributed by atoms with Gasteiger partial charge in [-0.05, 0) is 41.8 Å². The van der Waals surface area contributed by atoms with E-state index in [4.69, 9.17) is 9.47 Å². The third kappa shape index (κ3) is 5.89. The molecule has 0 aliphatic rings. The standard InChI is InChI=1S/C21H21N5O5/c1-15-5-3-4-6-17(15)14-31-19-8-7-16(9-20(19)30-2)10-22-24-21(27)13-25-12-18(11-23-25)26(28)29/h3-12H,13-14H2,1-2H3,(H,24,27). The number of carbonyl (C=O) groups excluding carboxylic acids is 1. The lowest BCUT2D eigenvalue weighted by atomic mass is 10.1. The molecule has 3 rings (SSSR count). The van der Waals surface area contributed by atoms with Gasteiger partial charge in [-0.25, -0.2) is 5.43 Å². The number of benzene rings is 2. The van der Waals surface area contributed by atoms with E-state index in [1.54, 1.807) is 25.3 Å². The molecule has 0 radical (unpaired) electrons. The molecule has 160 valence electrons. The molecule has 10 nitrogen and oxygen atoms in total. The minimum atomic E-state index is -0.582. The van der Waals surface area contributed by atoms with Crippen LogP contribution in [-0.2, 0) is 17.9 Å². The predicted octanol–water partition coefficient (Wildman–Crippen LogP) is 2.84. The summed E-state index contributed by atoms with van der Waals surface area (Å²) in [6.45, 7) is 2.25. The number of hydrogen-bond donors (Lipinski definition) is 1. The molecule has 2 aromatic carbocycles. The monoisotopic (exact) mass is 423 g/mol. The molecule has 0 atom stereocenters. The molecule has 0 aliphatic carbocycles. The summed E-state index contributed by atoms with van der Waals surface area (Å²) in [7, 11) is 1.54. The van der Waals surface area contributed by atoms with Crippen LogP contribution in [0.3, 0.4) is 0 Å². The van der Waals surface area contributed by atoms with Crippen LogP contribution >= 0.6 is 0 Å². The Hall–Kier alpha value is -4.21. The molecule has 0 aliphatic heterocycles. The third-order valence-corrected chi connectivity index (χ3v) is 4.37. The van der Waals surface area contributed by atoms with Crippen molar-refractivity contribution in [3.05, 3.63) is 81.7 Å². The number of nitrogens with one attached hydrogen (secondary N) is 1. The first-order valence-corrected chi connectivity index (χ1v) is 9.30. The predicted molar refractivity (Wildman–Crippen MR) is 113 cm³/mol. The summed E-state index contributed by atoms with van der Waals surface area (Å²) < 4.78 is 12.4. The normalized spacial score (nSPS) is 10.8. The molecule has 0 spiro atoms. The van der Waals surface area contributed by atoms with Crippen LogP contribution in [0.1, 0.15) is 16.7 Å². The van der Waals surface area contributed by atoms with Crippen molar-refractivity contribution in [3.8, 4) is 11.5 Å². The van der Waals surface area contributed by atoms with E-state index in [-0.39, 0.29) is 12.2 Å². The molecular weight excluding hydrogens is 402 g/mol. The second kappa shape index (κ2) is 10.0. The number of nitrogens with zero attached hydrogens (tertiary/aromatic N) is 4. The number of rotatable bonds is 9. The number of ether oxygens (including phenoxy) is 2.